The lowest BCUT2D eigenvalue weighted by molar-refractivity contribution is 0.0525. The second kappa shape index (κ2) is 5.42. The predicted octanol–water partition coefficient (Wildman–Crippen LogP) is 1.06. The number of aromatic nitrogens is 3. The molecule has 1 saturated heterocycles. The van der Waals surface area contributed by atoms with E-state index in [0.717, 1.165) is 5.56 Å². The van der Waals surface area contributed by atoms with Crippen LogP contribution in [0, 0.1) is 0 Å². The highest BCUT2D eigenvalue weighted by atomic mass is 16.5. The SMILES string of the molecule is C[C@@H]1CN(c2nnc(-c3ccccc3)c(=O)[nH]2)CCO1. The van der Waals surface area contributed by atoms with E-state index in [2.05, 4.69) is 15.2 Å². The van der Waals surface area contributed by atoms with Gasteiger partial charge in [-0.25, -0.2) is 0 Å². The number of aromatic amines is 1. The molecule has 0 aliphatic carbocycles. The average Bonchev–Trinajstić information content (AvgIpc) is 2.48. The lowest BCUT2D eigenvalue weighted by atomic mass is 10.2. The van der Waals surface area contributed by atoms with Crippen LogP contribution in [0.3, 0.4) is 0 Å². The Morgan fingerprint density at radius 3 is 2.80 bits per heavy atom. The smallest absolute Gasteiger partial charge is 0.279 e. The van der Waals surface area contributed by atoms with Crippen LogP contribution in [0.25, 0.3) is 11.3 Å². The van der Waals surface area contributed by atoms with Gasteiger partial charge in [-0.2, -0.15) is 0 Å². The van der Waals surface area contributed by atoms with Crippen LogP contribution in [0.15, 0.2) is 35.1 Å². The summed E-state index contributed by atoms with van der Waals surface area (Å²) < 4.78 is 5.47. The number of nitrogens with one attached hydrogen (secondary N) is 1. The molecule has 0 amide bonds. The van der Waals surface area contributed by atoms with Gasteiger partial charge in [-0.05, 0) is 6.92 Å². The van der Waals surface area contributed by atoms with Gasteiger partial charge >= 0.3 is 0 Å². The zero-order chi connectivity index (χ0) is 13.9. The van der Waals surface area contributed by atoms with Crippen molar-refractivity contribution < 1.29 is 4.74 Å². The fraction of sp³-hybridized carbons (Fsp3) is 0.357. The van der Waals surface area contributed by atoms with Crippen molar-refractivity contribution in [3.8, 4) is 11.3 Å². The molecule has 1 fully saturated rings. The molecule has 1 aromatic heterocycles. The molecule has 1 aliphatic heterocycles. The first-order chi connectivity index (χ1) is 9.74. The summed E-state index contributed by atoms with van der Waals surface area (Å²) >= 11 is 0. The van der Waals surface area contributed by atoms with Gasteiger partial charge in [0.2, 0.25) is 5.95 Å². The van der Waals surface area contributed by atoms with Gasteiger partial charge in [0, 0.05) is 18.7 Å². The highest BCUT2D eigenvalue weighted by Gasteiger charge is 2.19. The van der Waals surface area contributed by atoms with Crippen LogP contribution >= 0.6 is 0 Å². The summed E-state index contributed by atoms with van der Waals surface area (Å²) in [4.78, 5) is 16.9. The Labute approximate surface area is 116 Å². The number of hydrogen-bond donors (Lipinski definition) is 1. The van der Waals surface area contributed by atoms with Gasteiger partial charge in [0.1, 0.15) is 0 Å². The molecule has 1 aromatic carbocycles. The quantitative estimate of drug-likeness (QED) is 0.885. The molecule has 6 heteroatoms. The van der Waals surface area contributed by atoms with Crippen molar-refractivity contribution in [1.29, 1.82) is 0 Å². The molecule has 1 atom stereocenters. The second-order valence-corrected chi connectivity index (χ2v) is 4.82. The van der Waals surface area contributed by atoms with Crippen LogP contribution < -0.4 is 10.5 Å². The van der Waals surface area contributed by atoms with Crippen molar-refractivity contribution in [1.82, 2.24) is 15.2 Å². The topological polar surface area (TPSA) is 71.1 Å². The van der Waals surface area contributed by atoms with Crippen LogP contribution in [0.2, 0.25) is 0 Å². The maximum atomic E-state index is 12.1. The maximum absolute atomic E-state index is 12.1. The van der Waals surface area contributed by atoms with E-state index < -0.39 is 0 Å². The Balaban J connectivity index is 1.90. The van der Waals surface area contributed by atoms with Crippen LogP contribution in [0.4, 0.5) is 5.95 Å². The van der Waals surface area contributed by atoms with Crippen LogP contribution in [-0.4, -0.2) is 41.0 Å². The monoisotopic (exact) mass is 272 g/mol. The van der Waals surface area contributed by atoms with Crippen molar-refractivity contribution in [3.05, 3.63) is 40.7 Å². The third-order valence-electron chi connectivity index (χ3n) is 3.27. The largest absolute Gasteiger partial charge is 0.375 e. The first-order valence-electron chi connectivity index (χ1n) is 6.63. The summed E-state index contributed by atoms with van der Waals surface area (Å²) in [6.45, 7) is 4.04. The molecule has 0 spiro atoms. The van der Waals surface area contributed by atoms with E-state index in [1.165, 1.54) is 0 Å². The highest BCUT2D eigenvalue weighted by Crippen LogP contribution is 2.14. The molecular weight excluding hydrogens is 256 g/mol. The summed E-state index contributed by atoms with van der Waals surface area (Å²) in [6.07, 6.45) is 0.128. The fourth-order valence-electron chi connectivity index (χ4n) is 2.27. The van der Waals surface area contributed by atoms with Gasteiger partial charge < -0.3 is 9.64 Å². The molecule has 20 heavy (non-hydrogen) atoms. The molecule has 0 radical (unpaired) electrons. The Kier molecular flexibility index (Phi) is 3.47. The number of anilines is 1. The molecule has 6 nitrogen and oxygen atoms in total. The summed E-state index contributed by atoms with van der Waals surface area (Å²) in [6, 6.07) is 9.32. The molecule has 0 saturated carbocycles. The van der Waals surface area contributed by atoms with Crippen molar-refractivity contribution in [2.24, 2.45) is 0 Å². The van der Waals surface area contributed by atoms with E-state index in [0.29, 0.717) is 31.3 Å². The van der Waals surface area contributed by atoms with Crippen molar-refractivity contribution in [2.45, 2.75) is 13.0 Å². The number of ether oxygens (including phenoxy) is 1. The fourth-order valence-corrected chi connectivity index (χ4v) is 2.27. The highest BCUT2D eigenvalue weighted by molar-refractivity contribution is 5.57. The Bertz CT molecular complexity index is 641. The summed E-state index contributed by atoms with van der Waals surface area (Å²) in [7, 11) is 0. The zero-order valence-corrected chi connectivity index (χ0v) is 11.2. The first-order valence-corrected chi connectivity index (χ1v) is 6.63. The maximum Gasteiger partial charge on any atom is 0.279 e. The minimum absolute atomic E-state index is 0.128. The number of H-pyrrole nitrogens is 1. The minimum atomic E-state index is -0.222. The third-order valence-corrected chi connectivity index (χ3v) is 3.27. The average molecular weight is 272 g/mol. The van der Waals surface area contributed by atoms with Gasteiger partial charge in [0.05, 0.1) is 12.7 Å². The molecule has 104 valence electrons. The normalized spacial score (nSPS) is 19.1. The zero-order valence-electron chi connectivity index (χ0n) is 11.2. The lowest BCUT2D eigenvalue weighted by Crippen LogP contribution is -2.42. The molecule has 0 unspecified atom stereocenters. The Hall–Kier alpha value is -2.21. The van der Waals surface area contributed by atoms with Crippen molar-refractivity contribution >= 4 is 5.95 Å². The Morgan fingerprint density at radius 2 is 2.10 bits per heavy atom. The van der Waals surface area contributed by atoms with Gasteiger partial charge in [-0.3, -0.25) is 9.78 Å². The van der Waals surface area contributed by atoms with E-state index in [9.17, 15) is 4.79 Å². The Morgan fingerprint density at radius 1 is 1.30 bits per heavy atom. The van der Waals surface area contributed by atoms with Crippen molar-refractivity contribution in [2.75, 3.05) is 24.6 Å². The third kappa shape index (κ3) is 2.55. The van der Waals surface area contributed by atoms with Crippen molar-refractivity contribution in [3.63, 3.8) is 0 Å². The number of benzene rings is 1. The molecule has 1 N–H and O–H groups in total. The lowest BCUT2D eigenvalue weighted by Gasteiger charge is -2.31. The molecule has 3 rings (SSSR count). The summed E-state index contributed by atoms with van der Waals surface area (Å²) in [5.41, 5.74) is 0.888. The second-order valence-electron chi connectivity index (χ2n) is 4.82. The van der Waals surface area contributed by atoms with Gasteiger partial charge in [-0.1, -0.05) is 30.3 Å². The van der Waals surface area contributed by atoms with E-state index in [1.807, 2.05) is 42.2 Å². The molecular formula is C14H16N4O2. The van der Waals surface area contributed by atoms with E-state index in [1.54, 1.807) is 0 Å². The first kappa shape index (κ1) is 12.8. The van der Waals surface area contributed by atoms with E-state index in [-0.39, 0.29) is 11.7 Å². The van der Waals surface area contributed by atoms with Crippen LogP contribution in [0.5, 0.6) is 0 Å². The van der Waals surface area contributed by atoms with Crippen LogP contribution in [0.1, 0.15) is 6.92 Å². The summed E-state index contributed by atoms with van der Waals surface area (Å²) in [5.74, 6) is 0.504. The van der Waals surface area contributed by atoms with Gasteiger partial charge in [0.25, 0.3) is 5.56 Å². The number of rotatable bonds is 2. The van der Waals surface area contributed by atoms with Gasteiger partial charge in [0.15, 0.2) is 5.69 Å². The molecule has 2 aromatic rings. The summed E-state index contributed by atoms with van der Waals surface area (Å²) in [5, 5.41) is 8.21. The van der Waals surface area contributed by atoms with Crippen LogP contribution in [-0.2, 0) is 4.74 Å². The van der Waals surface area contributed by atoms with Gasteiger partial charge in [-0.15, -0.1) is 10.2 Å². The number of nitrogens with zero attached hydrogens (tertiary/aromatic N) is 3. The molecule has 0 bridgehead atoms. The standard InChI is InChI=1S/C14H16N4O2/c1-10-9-18(7-8-20-10)14-15-13(19)12(16-17-14)11-5-3-2-4-6-11/h2-6,10H,7-9H2,1H3,(H,15,17,19)/t10-/m1/s1. The number of hydrogen-bond acceptors (Lipinski definition) is 5. The molecule has 1 aliphatic rings. The van der Waals surface area contributed by atoms with E-state index in [4.69, 9.17) is 4.74 Å². The number of morpholine rings is 1. The molecule has 2 heterocycles. The van der Waals surface area contributed by atoms with E-state index >= 15 is 0 Å². The predicted molar refractivity (Wildman–Crippen MR) is 75.7 cm³/mol. The minimum Gasteiger partial charge on any atom is -0.375 e.